The lowest BCUT2D eigenvalue weighted by molar-refractivity contribution is -0.0120. The summed E-state index contributed by atoms with van der Waals surface area (Å²) in [4.78, 5) is -0.446. The second-order valence-corrected chi connectivity index (χ2v) is 5.92. The Kier molecular flexibility index (Phi) is 4.80. The van der Waals surface area contributed by atoms with Crippen molar-refractivity contribution in [3.05, 3.63) is 30.1 Å². The molecule has 102 valence electrons. The van der Waals surface area contributed by atoms with Crippen molar-refractivity contribution in [2.45, 2.75) is 17.4 Å². The van der Waals surface area contributed by atoms with E-state index in [-0.39, 0.29) is 13.2 Å². The van der Waals surface area contributed by atoms with Crippen LogP contribution in [0.25, 0.3) is 0 Å². The van der Waals surface area contributed by atoms with Crippen LogP contribution in [0.4, 0.5) is 4.39 Å². The first-order valence-corrected chi connectivity index (χ1v) is 6.72. The molecule has 1 aromatic carbocycles. The van der Waals surface area contributed by atoms with Crippen molar-refractivity contribution >= 4 is 10.0 Å². The van der Waals surface area contributed by atoms with Crippen LogP contribution in [0.2, 0.25) is 0 Å². The van der Waals surface area contributed by atoms with E-state index in [9.17, 15) is 17.9 Å². The number of nitrogens with one attached hydrogen (secondary N) is 1. The second-order valence-electron chi connectivity index (χ2n) is 4.18. The van der Waals surface area contributed by atoms with Gasteiger partial charge >= 0.3 is 0 Å². The van der Waals surface area contributed by atoms with Crippen molar-refractivity contribution < 1.29 is 22.7 Å². The van der Waals surface area contributed by atoms with Gasteiger partial charge in [-0.25, -0.2) is 17.5 Å². The van der Waals surface area contributed by atoms with Crippen molar-refractivity contribution in [1.29, 1.82) is 0 Å². The lowest BCUT2D eigenvalue weighted by Crippen LogP contribution is -2.43. The standard InChI is InChI=1S/C11H16FNO4S/c1-11(14,8-17-2)7-13-18(15,16)10-6-4-3-5-9(10)12/h3-6,13-14H,7-8H2,1-2H3. The van der Waals surface area contributed by atoms with Crippen LogP contribution in [0.1, 0.15) is 6.92 Å². The third-order valence-electron chi connectivity index (χ3n) is 2.22. The summed E-state index contributed by atoms with van der Waals surface area (Å²) in [5.74, 6) is -0.837. The fraction of sp³-hybridized carbons (Fsp3) is 0.455. The summed E-state index contributed by atoms with van der Waals surface area (Å²) in [6.45, 7) is 1.12. The van der Waals surface area contributed by atoms with Gasteiger partial charge in [0.05, 0.1) is 12.2 Å². The maximum atomic E-state index is 13.3. The van der Waals surface area contributed by atoms with E-state index in [0.717, 1.165) is 12.1 Å². The predicted octanol–water partition coefficient (Wildman–Crippen LogP) is 0.501. The minimum absolute atomic E-state index is 0.0349. The van der Waals surface area contributed by atoms with Gasteiger partial charge in [-0.3, -0.25) is 0 Å². The van der Waals surface area contributed by atoms with E-state index in [2.05, 4.69) is 4.72 Å². The molecule has 5 nitrogen and oxygen atoms in total. The third-order valence-corrected chi connectivity index (χ3v) is 3.66. The van der Waals surface area contributed by atoms with Gasteiger partial charge in [0, 0.05) is 13.7 Å². The molecule has 0 aliphatic rings. The van der Waals surface area contributed by atoms with Crippen LogP contribution in [-0.4, -0.2) is 39.4 Å². The van der Waals surface area contributed by atoms with Crippen molar-refractivity contribution in [2.24, 2.45) is 0 Å². The smallest absolute Gasteiger partial charge is 0.243 e. The molecular weight excluding hydrogens is 261 g/mol. The molecule has 0 aliphatic carbocycles. The summed E-state index contributed by atoms with van der Waals surface area (Å²) < 4.78 is 43.8. The molecule has 18 heavy (non-hydrogen) atoms. The molecule has 0 saturated heterocycles. The quantitative estimate of drug-likeness (QED) is 0.794. The van der Waals surface area contributed by atoms with Crippen LogP contribution in [-0.2, 0) is 14.8 Å². The van der Waals surface area contributed by atoms with Gasteiger partial charge in [0.15, 0.2) is 0 Å². The topological polar surface area (TPSA) is 75.6 Å². The zero-order chi connectivity index (χ0) is 13.8. The van der Waals surface area contributed by atoms with Crippen LogP contribution in [0.3, 0.4) is 0 Å². The number of hydrogen-bond donors (Lipinski definition) is 2. The molecule has 0 saturated carbocycles. The molecule has 0 spiro atoms. The first-order valence-electron chi connectivity index (χ1n) is 5.24. The Hall–Kier alpha value is -1.02. The van der Waals surface area contributed by atoms with Gasteiger partial charge in [0.1, 0.15) is 10.7 Å². The summed E-state index contributed by atoms with van der Waals surface area (Å²) in [6, 6.07) is 5.03. The highest BCUT2D eigenvalue weighted by atomic mass is 32.2. The molecule has 1 atom stereocenters. The first-order chi connectivity index (χ1) is 8.28. The van der Waals surface area contributed by atoms with E-state index >= 15 is 0 Å². The molecule has 1 rings (SSSR count). The highest BCUT2D eigenvalue weighted by molar-refractivity contribution is 7.89. The van der Waals surface area contributed by atoms with Gasteiger partial charge in [-0.2, -0.15) is 0 Å². The van der Waals surface area contributed by atoms with Crippen LogP contribution < -0.4 is 4.72 Å². The number of sulfonamides is 1. The predicted molar refractivity (Wildman–Crippen MR) is 64.1 cm³/mol. The van der Waals surface area contributed by atoms with E-state index in [1.54, 1.807) is 0 Å². The lowest BCUT2D eigenvalue weighted by Gasteiger charge is -2.22. The maximum absolute atomic E-state index is 13.3. The molecule has 0 aromatic heterocycles. The minimum Gasteiger partial charge on any atom is -0.386 e. The van der Waals surface area contributed by atoms with Gasteiger partial charge in [-0.15, -0.1) is 0 Å². The summed E-state index contributed by atoms with van der Waals surface area (Å²) in [5, 5.41) is 9.75. The fourth-order valence-corrected chi connectivity index (χ4v) is 2.59. The van der Waals surface area contributed by atoms with Crippen LogP contribution in [0.15, 0.2) is 29.2 Å². The Bertz CT molecular complexity index is 502. The van der Waals surface area contributed by atoms with E-state index in [4.69, 9.17) is 4.74 Å². The number of halogens is 1. The van der Waals surface area contributed by atoms with Gasteiger partial charge < -0.3 is 9.84 Å². The molecule has 1 aromatic rings. The second kappa shape index (κ2) is 5.75. The Morgan fingerprint density at radius 2 is 2.06 bits per heavy atom. The highest BCUT2D eigenvalue weighted by Gasteiger charge is 2.25. The fourth-order valence-electron chi connectivity index (χ4n) is 1.35. The van der Waals surface area contributed by atoms with E-state index < -0.39 is 26.3 Å². The molecule has 0 fully saturated rings. The molecule has 0 bridgehead atoms. The Balaban J connectivity index is 2.81. The Morgan fingerprint density at radius 3 is 2.61 bits per heavy atom. The molecule has 7 heteroatoms. The minimum atomic E-state index is -3.98. The summed E-state index contributed by atoms with van der Waals surface area (Å²) in [7, 11) is -2.59. The Labute approximate surface area is 106 Å². The number of methoxy groups -OCH3 is 1. The van der Waals surface area contributed by atoms with Gasteiger partial charge in [-0.1, -0.05) is 12.1 Å². The van der Waals surface area contributed by atoms with Crippen molar-refractivity contribution in [2.75, 3.05) is 20.3 Å². The van der Waals surface area contributed by atoms with Gasteiger partial charge in [0.25, 0.3) is 0 Å². The summed E-state index contributed by atoms with van der Waals surface area (Å²) in [6.07, 6.45) is 0. The number of ether oxygens (including phenoxy) is 1. The van der Waals surface area contributed by atoms with E-state index in [0.29, 0.717) is 0 Å². The highest BCUT2D eigenvalue weighted by Crippen LogP contribution is 2.13. The number of rotatable bonds is 6. The number of hydrogen-bond acceptors (Lipinski definition) is 4. The molecule has 0 amide bonds. The zero-order valence-corrected chi connectivity index (χ0v) is 11.0. The normalized spacial score (nSPS) is 15.3. The number of aliphatic hydroxyl groups is 1. The monoisotopic (exact) mass is 277 g/mol. The lowest BCUT2D eigenvalue weighted by atomic mass is 10.1. The van der Waals surface area contributed by atoms with Crippen molar-refractivity contribution in [3.8, 4) is 0 Å². The van der Waals surface area contributed by atoms with Crippen LogP contribution in [0.5, 0.6) is 0 Å². The van der Waals surface area contributed by atoms with Crippen LogP contribution >= 0.6 is 0 Å². The third kappa shape index (κ3) is 4.02. The molecule has 1 unspecified atom stereocenters. The molecule has 2 N–H and O–H groups in total. The molecule has 0 radical (unpaired) electrons. The van der Waals surface area contributed by atoms with E-state index in [1.807, 2.05) is 0 Å². The van der Waals surface area contributed by atoms with E-state index in [1.165, 1.54) is 26.2 Å². The summed E-state index contributed by atoms with van der Waals surface area (Å²) >= 11 is 0. The molecular formula is C11H16FNO4S. The number of benzene rings is 1. The first kappa shape index (κ1) is 15.0. The average Bonchev–Trinajstić information content (AvgIpc) is 2.27. The van der Waals surface area contributed by atoms with Crippen LogP contribution in [0, 0.1) is 5.82 Å². The van der Waals surface area contributed by atoms with Crippen molar-refractivity contribution in [3.63, 3.8) is 0 Å². The van der Waals surface area contributed by atoms with Gasteiger partial charge in [0.2, 0.25) is 10.0 Å². The summed E-state index contributed by atoms with van der Waals surface area (Å²) in [5.41, 5.74) is -1.35. The SMILES string of the molecule is COCC(C)(O)CNS(=O)(=O)c1ccccc1F. The molecule has 0 heterocycles. The zero-order valence-electron chi connectivity index (χ0n) is 10.2. The largest absolute Gasteiger partial charge is 0.386 e. The molecule has 0 aliphatic heterocycles. The van der Waals surface area contributed by atoms with Gasteiger partial charge in [-0.05, 0) is 19.1 Å². The maximum Gasteiger partial charge on any atom is 0.243 e. The average molecular weight is 277 g/mol. The Morgan fingerprint density at radius 1 is 1.44 bits per heavy atom. The van der Waals surface area contributed by atoms with Crippen molar-refractivity contribution in [1.82, 2.24) is 4.72 Å².